The Morgan fingerprint density at radius 2 is 2.31 bits per heavy atom. The van der Waals surface area contributed by atoms with Crippen molar-refractivity contribution in [2.45, 2.75) is 20.0 Å². The van der Waals surface area contributed by atoms with Gasteiger partial charge in [-0.1, -0.05) is 18.2 Å². The van der Waals surface area contributed by atoms with Gasteiger partial charge in [0, 0.05) is 13.1 Å². The molecule has 0 radical (unpaired) electrons. The second kappa shape index (κ2) is 6.28. The summed E-state index contributed by atoms with van der Waals surface area (Å²) in [5.41, 5.74) is 0.601. The lowest BCUT2D eigenvalue weighted by Gasteiger charge is -2.16. The van der Waals surface area contributed by atoms with Crippen molar-refractivity contribution in [1.29, 1.82) is 0 Å². The fourth-order valence-electron chi connectivity index (χ4n) is 1.36. The zero-order valence-electron chi connectivity index (χ0n) is 9.79. The van der Waals surface area contributed by atoms with Crippen LogP contribution in [0.4, 0.5) is 4.39 Å². The lowest BCUT2D eigenvalue weighted by molar-refractivity contribution is 0.209. The van der Waals surface area contributed by atoms with E-state index in [1.165, 1.54) is 0 Å². The van der Waals surface area contributed by atoms with Gasteiger partial charge in [-0.05, 0) is 25.5 Å². The average molecular weight is 223 g/mol. The summed E-state index contributed by atoms with van der Waals surface area (Å²) < 4.78 is 19.1. The molecular weight excluding hydrogens is 205 g/mol. The van der Waals surface area contributed by atoms with Crippen molar-refractivity contribution in [3.05, 3.63) is 42.2 Å². The topological polar surface area (TPSA) is 21.3 Å². The SMILES string of the molecule is C=CCNCC(C)Oc1cccc(C)c1F. The van der Waals surface area contributed by atoms with E-state index in [-0.39, 0.29) is 11.9 Å². The Morgan fingerprint density at radius 1 is 1.56 bits per heavy atom. The largest absolute Gasteiger partial charge is 0.486 e. The normalized spacial score (nSPS) is 12.2. The predicted molar refractivity (Wildman–Crippen MR) is 64.3 cm³/mol. The van der Waals surface area contributed by atoms with E-state index in [2.05, 4.69) is 11.9 Å². The maximum Gasteiger partial charge on any atom is 0.167 e. The number of aryl methyl sites for hydroxylation is 1. The fraction of sp³-hybridized carbons (Fsp3) is 0.385. The van der Waals surface area contributed by atoms with Crippen LogP contribution >= 0.6 is 0 Å². The maximum absolute atomic E-state index is 13.6. The average Bonchev–Trinajstić information content (AvgIpc) is 2.25. The third-order valence-electron chi connectivity index (χ3n) is 2.20. The molecule has 0 aromatic heterocycles. The second-order valence-corrected chi connectivity index (χ2v) is 3.76. The molecule has 1 aromatic carbocycles. The molecular formula is C13H18FNO. The van der Waals surface area contributed by atoms with Crippen LogP contribution in [0.2, 0.25) is 0 Å². The Morgan fingerprint density at radius 3 is 3.00 bits per heavy atom. The molecule has 0 aliphatic rings. The Hall–Kier alpha value is -1.35. The molecule has 16 heavy (non-hydrogen) atoms. The summed E-state index contributed by atoms with van der Waals surface area (Å²) in [6, 6.07) is 5.16. The van der Waals surface area contributed by atoms with Crippen molar-refractivity contribution in [3.8, 4) is 5.75 Å². The standard InChI is InChI=1S/C13H18FNO/c1-4-8-15-9-11(3)16-12-7-5-6-10(2)13(12)14/h4-7,11,15H,1,8-9H2,2-3H3. The van der Waals surface area contributed by atoms with E-state index in [0.717, 1.165) is 6.54 Å². The van der Waals surface area contributed by atoms with E-state index in [1.54, 1.807) is 31.2 Å². The van der Waals surface area contributed by atoms with E-state index in [4.69, 9.17) is 4.74 Å². The van der Waals surface area contributed by atoms with Gasteiger partial charge in [-0.15, -0.1) is 6.58 Å². The Balaban J connectivity index is 2.52. The van der Waals surface area contributed by atoms with Crippen LogP contribution < -0.4 is 10.1 Å². The molecule has 1 atom stereocenters. The van der Waals surface area contributed by atoms with Gasteiger partial charge in [0.25, 0.3) is 0 Å². The van der Waals surface area contributed by atoms with Crippen molar-refractivity contribution in [1.82, 2.24) is 5.32 Å². The second-order valence-electron chi connectivity index (χ2n) is 3.76. The van der Waals surface area contributed by atoms with Gasteiger partial charge in [0.1, 0.15) is 6.10 Å². The summed E-state index contributed by atoms with van der Waals surface area (Å²) in [5.74, 6) is 0.0333. The quantitative estimate of drug-likeness (QED) is 0.591. The Labute approximate surface area is 96.1 Å². The van der Waals surface area contributed by atoms with Crippen LogP contribution in [0.1, 0.15) is 12.5 Å². The maximum atomic E-state index is 13.6. The summed E-state index contributed by atoms with van der Waals surface area (Å²) in [6.07, 6.45) is 1.70. The van der Waals surface area contributed by atoms with E-state index >= 15 is 0 Å². The third-order valence-corrected chi connectivity index (χ3v) is 2.20. The number of hydrogen-bond donors (Lipinski definition) is 1. The van der Waals surface area contributed by atoms with Crippen molar-refractivity contribution in [2.75, 3.05) is 13.1 Å². The van der Waals surface area contributed by atoms with Gasteiger partial charge in [-0.2, -0.15) is 0 Å². The molecule has 1 aromatic rings. The third kappa shape index (κ3) is 3.66. The molecule has 0 heterocycles. The molecule has 0 saturated carbocycles. The van der Waals surface area contributed by atoms with Crippen LogP contribution in [0.15, 0.2) is 30.9 Å². The summed E-state index contributed by atoms with van der Waals surface area (Å²) in [4.78, 5) is 0. The number of hydrogen-bond acceptors (Lipinski definition) is 2. The number of rotatable bonds is 6. The summed E-state index contributed by atoms with van der Waals surface area (Å²) in [6.45, 7) is 8.62. The first kappa shape index (κ1) is 12.7. The summed E-state index contributed by atoms with van der Waals surface area (Å²) in [5, 5.41) is 3.12. The fourth-order valence-corrected chi connectivity index (χ4v) is 1.36. The molecule has 0 aliphatic heterocycles. The molecule has 0 aliphatic carbocycles. The summed E-state index contributed by atoms with van der Waals surface area (Å²) >= 11 is 0. The van der Waals surface area contributed by atoms with Gasteiger partial charge >= 0.3 is 0 Å². The predicted octanol–water partition coefficient (Wildman–Crippen LogP) is 2.68. The van der Waals surface area contributed by atoms with Gasteiger partial charge < -0.3 is 10.1 Å². The Kier molecular flexibility index (Phi) is 4.99. The molecule has 0 fully saturated rings. The number of benzene rings is 1. The van der Waals surface area contributed by atoms with Gasteiger partial charge in [0.2, 0.25) is 0 Å². The first-order chi connectivity index (χ1) is 7.65. The van der Waals surface area contributed by atoms with Gasteiger partial charge in [0.15, 0.2) is 11.6 Å². The highest BCUT2D eigenvalue weighted by molar-refractivity contribution is 5.30. The molecule has 1 unspecified atom stereocenters. The number of halogens is 1. The summed E-state index contributed by atoms with van der Waals surface area (Å²) in [7, 11) is 0. The van der Waals surface area contributed by atoms with Crippen LogP contribution in [-0.4, -0.2) is 19.2 Å². The minimum absolute atomic E-state index is 0.0729. The molecule has 0 spiro atoms. The molecule has 0 saturated heterocycles. The number of ether oxygens (including phenoxy) is 1. The van der Waals surface area contributed by atoms with Crippen LogP contribution in [-0.2, 0) is 0 Å². The molecule has 3 heteroatoms. The zero-order chi connectivity index (χ0) is 12.0. The highest BCUT2D eigenvalue weighted by atomic mass is 19.1. The molecule has 88 valence electrons. The van der Waals surface area contributed by atoms with Crippen LogP contribution in [0.5, 0.6) is 5.75 Å². The zero-order valence-corrected chi connectivity index (χ0v) is 9.79. The lowest BCUT2D eigenvalue weighted by Crippen LogP contribution is -2.29. The van der Waals surface area contributed by atoms with Crippen molar-refractivity contribution < 1.29 is 9.13 Å². The van der Waals surface area contributed by atoms with Crippen LogP contribution in [0.25, 0.3) is 0 Å². The minimum Gasteiger partial charge on any atom is -0.486 e. The van der Waals surface area contributed by atoms with Crippen molar-refractivity contribution in [2.24, 2.45) is 0 Å². The molecule has 0 bridgehead atoms. The van der Waals surface area contributed by atoms with E-state index < -0.39 is 0 Å². The van der Waals surface area contributed by atoms with E-state index in [1.807, 2.05) is 6.92 Å². The van der Waals surface area contributed by atoms with Crippen LogP contribution in [0.3, 0.4) is 0 Å². The highest BCUT2D eigenvalue weighted by Crippen LogP contribution is 2.20. The first-order valence-electron chi connectivity index (χ1n) is 5.38. The van der Waals surface area contributed by atoms with Gasteiger partial charge in [-0.25, -0.2) is 4.39 Å². The van der Waals surface area contributed by atoms with E-state index in [9.17, 15) is 4.39 Å². The minimum atomic E-state index is -0.280. The van der Waals surface area contributed by atoms with Crippen LogP contribution in [0, 0.1) is 12.7 Å². The Bertz CT molecular complexity index is 352. The smallest absolute Gasteiger partial charge is 0.167 e. The first-order valence-corrected chi connectivity index (χ1v) is 5.38. The number of nitrogens with one attached hydrogen (secondary N) is 1. The van der Waals surface area contributed by atoms with Crippen molar-refractivity contribution in [3.63, 3.8) is 0 Å². The molecule has 0 amide bonds. The molecule has 1 N–H and O–H groups in total. The van der Waals surface area contributed by atoms with Gasteiger partial charge in [-0.3, -0.25) is 0 Å². The molecule has 2 nitrogen and oxygen atoms in total. The van der Waals surface area contributed by atoms with E-state index in [0.29, 0.717) is 17.9 Å². The van der Waals surface area contributed by atoms with Gasteiger partial charge in [0.05, 0.1) is 0 Å². The monoisotopic (exact) mass is 223 g/mol. The van der Waals surface area contributed by atoms with Crippen molar-refractivity contribution >= 4 is 0 Å². The lowest BCUT2D eigenvalue weighted by atomic mass is 10.2. The highest BCUT2D eigenvalue weighted by Gasteiger charge is 2.09. The molecule has 1 rings (SSSR count).